The zero-order valence-electron chi connectivity index (χ0n) is 19.3. The molecule has 0 aromatic heterocycles. The van der Waals surface area contributed by atoms with Gasteiger partial charge in [0.2, 0.25) is 5.91 Å². The first-order chi connectivity index (χ1) is 16.3. The van der Waals surface area contributed by atoms with Gasteiger partial charge in [-0.05, 0) is 17.0 Å². The van der Waals surface area contributed by atoms with E-state index < -0.39 is 53.5 Å². The third-order valence-corrected chi connectivity index (χ3v) is 6.45. The topological polar surface area (TPSA) is 131 Å². The third-order valence-electron chi connectivity index (χ3n) is 6.45. The minimum Gasteiger partial charge on any atom is -0.480 e. The van der Waals surface area contributed by atoms with Gasteiger partial charge in [0.25, 0.3) is 6.17 Å². The van der Waals surface area contributed by atoms with Crippen LogP contribution in [0.25, 0.3) is 0 Å². The highest BCUT2D eigenvalue weighted by molar-refractivity contribution is 5.84. The van der Waals surface area contributed by atoms with E-state index >= 15 is 0 Å². The van der Waals surface area contributed by atoms with Crippen LogP contribution in [0.5, 0.6) is 0 Å². The fraction of sp³-hybridized carbons (Fsp3) is 0.440. The smallest absolute Gasteiger partial charge is 0.322 e. The second kappa shape index (κ2) is 11.7. The Morgan fingerprint density at radius 3 is 2.32 bits per heavy atom. The molecule has 1 amide bonds. The Labute approximate surface area is 198 Å². The Morgan fingerprint density at radius 2 is 1.76 bits per heavy atom. The van der Waals surface area contributed by atoms with Crippen molar-refractivity contribution in [2.75, 3.05) is 6.54 Å². The van der Waals surface area contributed by atoms with Crippen LogP contribution in [0.2, 0.25) is 0 Å². The number of nitrogens with one attached hydrogen (secondary N) is 2. The van der Waals surface area contributed by atoms with E-state index in [1.54, 1.807) is 30.3 Å². The number of carboxylic acid groups (broad SMARTS) is 1. The molecule has 1 heterocycles. The van der Waals surface area contributed by atoms with Gasteiger partial charge < -0.3 is 15.2 Å². The summed E-state index contributed by atoms with van der Waals surface area (Å²) in [5.41, 5.74) is 1.59. The third kappa shape index (κ3) is 5.98. The molecular weight excluding hydrogens is 438 g/mol. The number of carbonyl (C=O) groups excluding carboxylic acids is 1. The van der Waals surface area contributed by atoms with E-state index in [2.05, 4.69) is 10.6 Å². The predicted molar refractivity (Wildman–Crippen MR) is 125 cm³/mol. The Bertz CT molecular complexity index is 971. The van der Waals surface area contributed by atoms with Gasteiger partial charge in [-0.15, -0.1) is 0 Å². The van der Waals surface area contributed by atoms with Gasteiger partial charge >= 0.3 is 5.97 Å². The number of rotatable bonds is 11. The lowest BCUT2D eigenvalue weighted by atomic mass is 9.79. The van der Waals surface area contributed by atoms with Crippen molar-refractivity contribution >= 4 is 11.9 Å². The minimum atomic E-state index is -1.22. The van der Waals surface area contributed by atoms with Crippen molar-refractivity contribution < 1.29 is 24.4 Å². The van der Waals surface area contributed by atoms with E-state index in [-0.39, 0.29) is 12.5 Å². The second-order valence-electron chi connectivity index (χ2n) is 8.64. The monoisotopic (exact) mass is 469 g/mol. The van der Waals surface area contributed by atoms with Crippen LogP contribution in [0.15, 0.2) is 60.7 Å². The number of hydrogen-bond acceptors (Lipinski definition) is 6. The molecule has 9 heteroatoms. The summed E-state index contributed by atoms with van der Waals surface area (Å²) in [6, 6.07) is 17.7. The molecule has 1 saturated heterocycles. The number of hydrogen-bond donors (Lipinski definition) is 3. The van der Waals surface area contributed by atoms with Crippen molar-refractivity contribution in [3.8, 4) is 0 Å². The number of benzene rings is 2. The molecule has 3 N–H and O–H groups in total. The maximum absolute atomic E-state index is 13.3. The molecule has 2 aromatic rings. The Kier molecular flexibility index (Phi) is 8.72. The molecule has 1 aliphatic heterocycles. The summed E-state index contributed by atoms with van der Waals surface area (Å²) < 4.78 is 6.30. The van der Waals surface area contributed by atoms with Crippen LogP contribution < -0.4 is 10.6 Å². The molecular formula is C25H31N3O6. The van der Waals surface area contributed by atoms with Crippen molar-refractivity contribution in [1.82, 2.24) is 10.6 Å². The van der Waals surface area contributed by atoms with Crippen LogP contribution >= 0.6 is 0 Å². The number of carbonyl (C=O) groups is 2. The van der Waals surface area contributed by atoms with Gasteiger partial charge in [0, 0.05) is 4.92 Å². The van der Waals surface area contributed by atoms with Crippen LogP contribution in [-0.4, -0.2) is 46.8 Å². The highest BCUT2D eigenvalue weighted by atomic mass is 16.6. The molecule has 0 bridgehead atoms. The maximum atomic E-state index is 13.3. The fourth-order valence-electron chi connectivity index (χ4n) is 4.61. The predicted octanol–water partition coefficient (Wildman–Crippen LogP) is 2.79. The average Bonchev–Trinajstić information content (AvgIpc) is 3.24. The standard InChI is InChI=1S/C25H31N3O6/c1-3-16(2)23(34-15-17-10-6-4-7-11-17)22-21(25(31)26-14-19(29)30)20(24(27-22)28(32)33)18-12-8-5-9-13-18/h4-13,16,20-24,27H,3,14-15H2,1-2H3,(H,26,31)(H,29,30)/t16-,20+,21-,22-,23-,24+/m0/s1. The number of nitrogens with zero attached hydrogens (tertiary/aromatic N) is 1. The molecule has 0 aliphatic carbocycles. The summed E-state index contributed by atoms with van der Waals surface area (Å²) in [6.07, 6.45) is -0.998. The maximum Gasteiger partial charge on any atom is 0.322 e. The molecule has 0 saturated carbocycles. The zero-order valence-corrected chi connectivity index (χ0v) is 19.3. The summed E-state index contributed by atoms with van der Waals surface area (Å²) >= 11 is 0. The first-order valence-electron chi connectivity index (χ1n) is 11.4. The van der Waals surface area contributed by atoms with E-state index in [1.165, 1.54) is 0 Å². The Balaban J connectivity index is 1.99. The highest BCUT2D eigenvalue weighted by Crippen LogP contribution is 2.40. The summed E-state index contributed by atoms with van der Waals surface area (Å²) in [7, 11) is 0. The van der Waals surface area contributed by atoms with Crippen LogP contribution in [0.1, 0.15) is 37.3 Å². The largest absolute Gasteiger partial charge is 0.480 e. The highest BCUT2D eigenvalue weighted by Gasteiger charge is 2.56. The van der Waals surface area contributed by atoms with Crippen LogP contribution in [0.4, 0.5) is 0 Å². The van der Waals surface area contributed by atoms with E-state index in [0.717, 1.165) is 12.0 Å². The van der Waals surface area contributed by atoms with Gasteiger partial charge in [-0.3, -0.25) is 19.7 Å². The molecule has 182 valence electrons. The molecule has 1 fully saturated rings. The van der Waals surface area contributed by atoms with E-state index in [1.807, 2.05) is 44.2 Å². The molecule has 0 spiro atoms. The SMILES string of the molecule is CC[C@H](C)[C@H](OCc1ccccc1)[C@H]1N[C@H]([N+](=O)[O-])[C@H](c2ccccc2)[C@@H]1C(=O)NCC(=O)O. The molecule has 9 nitrogen and oxygen atoms in total. The average molecular weight is 470 g/mol. The normalized spacial score (nSPS) is 23.7. The first-order valence-corrected chi connectivity index (χ1v) is 11.4. The molecule has 0 unspecified atom stereocenters. The number of aliphatic carboxylic acids is 1. The number of nitro groups is 1. The molecule has 3 rings (SSSR count). The van der Waals surface area contributed by atoms with Crippen molar-refractivity contribution in [2.24, 2.45) is 11.8 Å². The van der Waals surface area contributed by atoms with Crippen molar-refractivity contribution in [3.05, 3.63) is 81.9 Å². The van der Waals surface area contributed by atoms with Gasteiger partial charge in [-0.1, -0.05) is 80.9 Å². The van der Waals surface area contributed by atoms with Gasteiger partial charge in [-0.25, -0.2) is 5.32 Å². The van der Waals surface area contributed by atoms with E-state index in [4.69, 9.17) is 9.84 Å². The molecule has 2 aromatic carbocycles. The van der Waals surface area contributed by atoms with Gasteiger partial charge in [-0.2, -0.15) is 0 Å². The first kappa shape index (κ1) is 25.3. The Hall–Kier alpha value is -3.30. The summed E-state index contributed by atoms with van der Waals surface area (Å²) in [5, 5.41) is 26.7. The van der Waals surface area contributed by atoms with Crippen LogP contribution in [0, 0.1) is 22.0 Å². The van der Waals surface area contributed by atoms with E-state index in [0.29, 0.717) is 5.56 Å². The quantitative estimate of drug-likeness (QED) is 0.341. The summed E-state index contributed by atoms with van der Waals surface area (Å²) in [4.78, 5) is 36.1. The zero-order chi connectivity index (χ0) is 24.7. The molecule has 0 radical (unpaired) electrons. The number of amides is 1. The lowest BCUT2D eigenvalue weighted by Gasteiger charge is -2.33. The molecule has 1 aliphatic rings. The lowest BCUT2D eigenvalue weighted by Crippen LogP contribution is -2.50. The van der Waals surface area contributed by atoms with Gasteiger partial charge in [0.15, 0.2) is 0 Å². The van der Waals surface area contributed by atoms with Gasteiger partial charge in [0.05, 0.1) is 30.6 Å². The number of ether oxygens (including phenoxy) is 1. The van der Waals surface area contributed by atoms with Gasteiger partial charge in [0.1, 0.15) is 6.54 Å². The molecule has 6 atom stereocenters. The van der Waals surface area contributed by atoms with Crippen LogP contribution in [0.3, 0.4) is 0 Å². The van der Waals surface area contributed by atoms with Crippen molar-refractivity contribution in [2.45, 2.75) is 51.1 Å². The van der Waals surface area contributed by atoms with Crippen LogP contribution in [-0.2, 0) is 20.9 Å². The number of carboxylic acids is 1. The second-order valence-corrected chi connectivity index (χ2v) is 8.64. The summed E-state index contributed by atoms with van der Waals surface area (Å²) in [5.74, 6) is -3.43. The summed E-state index contributed by atoms with van der Waals surface area (Å²) in [6.45, 7) is 3.71. The minimum absolute atomic E-state index is 0.0158. The van der Waals surface area contributed by atoms with E-state index in [9.17, 15) is 19.7 Å². The molecule has 34 heavy (non-hydrogen) atoms. The van der Waals surface area contributed by atoms with Crippen molar-refractivity contribution in [1.29, 1.82) is 0 Å². The lowest BCUT2D eigenvalue weighted by molar-refractivity contribution is -0.530. The fourth-order valence-corrected chi connectivity index (χ4v) is 4.61. The van der Waals surface area contributed by atoms with Crippen molar-refractivity contribution in [3.63, 3.8) is 0 Å². The Morgan fingerprint density at radius 1 is 1.15 bits per heavy atom.